The van der Waals surface area contributed by atoms with E-state index in [-0.39, 0.29) is 12.3 Å². The van der Waals surface area contributed by atoms with E-state index in [0.29, 0.717) is 36.1 Å². The third-order valence-electron chi connectivity index (χ3n) is 3.93. The van der Waals surface area contributed by atoms with Crippen molar-refractivity contribution in [1.82, 2.24) is 10.6 Å². The molecule has 3 N–H and O–H groups in total. The number of sulfone groups is 1. The van der Waals surface area contributed by atoms with Crippen molar-refractivity contribution in [2.45, 2.75) is 30.8 Å². The Morgan fingerprint density at radius 2 is 1.93 bits per heavy atom. The molecule has 1 heterocycles. The van der Waals surface area contributed by atoms with Gasteiger partial charge in [0.25, 0.3) is 0 Å². The minimum absolute atomic E-state index is 0.0491. The molecule has 0 bridgehead atoms. The van der Waals surface area contributed by atoms with Crippen LogP contribution in [0.1, 0.15) is 26.0 Å². The van der Waals surface area contributed by atoms with E-state index in [9.17, 15) is 13.5 Å². The highest BCUT2D eigenvalue weighted by Crippen LogP contribution is 2.21. The van der Waals surface area contributed by atoms with Crippen LogP contribution >= 0.6 is 0 Å². The van der Waals surface area contributed by atoms with Crippen molar-refractivity contribution in [1.29, 1.82) is 0 Å². The quantitative estimate of drug-likeness (QED) is 0.342. The van der Waals surface area contributed by atoms with Crippen LogP contribution in [0.4, 0.5) is 0 Å². The minimum atomic E-state index is -3.29. The lowest BCUT2D eigenvalue weighted by molar-refractivity contribution is 0.0437. The van der Waals surface area contributed by atoms with Gasteiger partial charge in [-0.2, -0.15) is 0 Å². The molecule has 1 unspecified atom stereocenters. The van der Waals surface area contributed by atoms with E-state index in [1.165, 1.54) is 6.26 Å². The van der Waals surface area contributed by atoms with E-state index in [2.05, 4.69) is 15.6 Å². The van der Waals surface area contributed by atoms with Gasteiger partial charge in [-0.05, 0) is 44.5 Å². The van der Waals surface area contributed by atoms with Crippen LogP contribution in [0, 0.1) is 0 Å². The zero-order valence-corrected chi connectivity index (χ0v) is 16.5. The first-order valence-electron chi connectivity index (χ1n) is 8.91. The summed E-state index contributed by atoms with van der Waals surface area (Å²) in [5.74, 6) is 1.01. The van der Waals surface area contributed by atoms with Crippen molar-refractivity contribution in [3.05, 3.63) is 54.5 Å². The summed E-state index contributed by atoms with van der Waals surface area (Å²) in [5, 5.41) is 16.6. The van der Waals surface area contributed by atoms with Gasteiger partial charge in [-0.3, -0.25) is 0 Å². The Labute approximate surface area is 160 Å². The van der Waals surface area contributed by atoms with E-state index >= 15 is 0 Å². The molecule has 0 aliphatic carbocycles. The standard InChI is InChI=1S/C19H27N3O4S/c1-3-20-18(22-15-19(2,23)17-11-7-13-26-17)21-12-8-14-27(24,25)16-9-5-4-6-10-16/h4-7,9-11,13,23H,3,8,12,14-15H2,1-2H3,(H2,20,21,22). The van der Waals surface area contributed by atoms with Crippen molar-refractivity contribution in [3.63, 3.8) is 0 Å². The van der Waals surface area contributed by atoms with Crippen LogP contribution in [0.2, 0.25) is 0 Å². The monoisotopic (exact) mass is 393 g/mol. The van der Waals surface area contributed by atoms with Gasteiger partial charge in [0.1, 0.15) is 11.4 Å². The Morgan fingerprint density at radius 3 is 2.56 bits per heavy atom. The van der Waals surface area contributed by atoms with Gasteiger partial charge in [-0.25, -0.2) is 13.4 Å². The highest BCUT2D eigenvalue weighted by atomic mass is 32.2. The maximum atomic E-state index is 12.3. The van der Waals surface area contributed by atoms with Gasteiger partial charge in [0.05, 0.1) is 23.5 Å². The molecular weight excluding hydrogens is 366 g/mol. The zero-order chi connectivity index (χ0) is 19.8. The van der Waals surface area contributed by atoms with E-state index < -0.39 is 15.4 Å². The van der Waals surface area contributed by atoms with Gasteiger partial charge in [0, 0.05) is 13.1 Å². The molecule has 27 heavy (non-hydrogen) atoms. The summed E-state index contributed by atoms with van der Waals surface area (Å²) in [5.41, 5.74) is -1.22. The number of benzene rings is 1. The third kappa shape index (κ3) is 6.41. The number of hydrogen-bond acceptors (Lipinski definition) is 5. The molecule has 0 spiro atoms. The molecule has 7 nitrogen and oxygen atoms in total. The maximum absolute atomic E-state index is 12.3. The van der Waals surface area contributed by atoms with E-state index in [1.54, 1.807) is 49.4 Å². The lowest BCUT2D eigenvalue weighted by atomic mass is 10.0. The SMILES string of the molecule is CCNC(=NCC(C)(O)c1ccco1)NCCCS(=O)(=O)c1ccccc1. The topological polar surface area (TPSA) is 104 Å². The molecule has 0 radical (unpaired) electrons. The number of furan rings is 1. The summed E-state index contributed by atoms with van der Waals surface area (Å²) in [6.07, 6.45) is 1.94. The lowest BCUT2D eigenvalue weighted by Crippen LogP contribution is -2.39. The molecule has 0 saturated heterocycles. The molecule has 148 valence electrons. The van der Waals surface area contributed by atoms with Crippen LogP contribution in [-0.4, -0.2) is 44.9 Å². The second kappa shape index (κ2) is 9.57. The number of aliphatic hydroxyl groups is 1. The molecule has 0 saturated carbocycles. The third-order valence-corrected chi connectivity index (χ3v) is 5.74. The zero-order valence-electron chi connectivity index (χ0n) is 15.7. The number of aliphatic imine (C=N–C) groups is 1. The largest absolute Gasteiger partial charge is 0.466 e. The first-order valence-corrected chi connectivity index (χ1v) is 10.6. The van der Waals surface area contributed by atoms with Crippen LogP contribution in [0.3, 0.4) is 0 Å². The number of hydrogen-bond donors (Lipinski definition) is 3. The van der Waals surface area contributed by atoms with Crippen molar-refractivity contribution < 1.29 is 17.9 Å². The normalized spacial score (nSPS) is 14.6. The second-order valence-electron chi connectivity index (χ2n) is 6.36. The van der Waals surface area contributed by atoms with E-state index in [1.807, 2.05) is 6.92 Å². The Morgan fingerprint density at radius 1 is 1.19 bits per heavy atom. The number of rotatable bonds is 9. The molecule has 8 heteroatoms. The predicted molar refractivity (Wildman–Crippen MR) is 105 cm³/mol. The van der Waals surface area contributed by atoms with Crippen LogP contribution in [0.5, 0.6) is 0 Å². The van der Waals surface area contributed by atoms with Gasteiger partial charge in [0.15, 0.2) is 15.8 Å². The maximum Gasteiger partial charge on any atom is 0.191 e. The Bertz CT molecular complexity index is 816. The summed E-state index contributed by atoms with van der Waals surface area (Å²) in [6, 6.07) is 11.8. The van der Waals surface area contributed by atoms with Crippen molar-refractivity contribution in [3.8, 4) is 0 Å². The second-order valence-corrected chi connectivity index (χ2v) is 8.47. The van der Waals surface area contributed by atoms with Crippen LogP contribution < -0.4 is 10.6 Å². The van der Waals surface area contributed by atoms with Gasteiger partial charge in [0.2, 0.25) is 0 Å². The van der Waals surface area contributed by atoms with E-state index in [4.69, 9.17) is 4.42 Å². The highest BCUT2D eigenvalue weighted by Gasteiger charge is 2.26. The Balaban J connectivity index is 1.87. The van der Waals surface area contributed by atoms with Gasteiger partial charge < -0.3 is 20.2 Å². The Hall–Kier alpha value is -2.32. The molecule has 1 aromatic carbocycles. The number of nitrogens with zero attached hydrogens (tertiary/aromatic N) is 1. The first kappa shape index (κ1) is 21.0. The molecule has 2 aromatic rings. The van der Waals surface area contributed by atoms with Gasteiger partial charge in [-0.1, -0.05) is 18.2 Å². The number of nitrogens with one attached hydrogen (secondary N) is 2. The summed E-state index contributed by atoms with van der Waals surface area (Å²) in [6.45, 7) is 4.77. The molecule has 1 atom stereocenters. The predicted octanol–water partition coefficient (Wildman–Crippen LogP) is 1.91. The number of guanidine groups is 1. The van der Waals surface area contributed by atoms with Crippen LogP contribution in [0.15, 0.2) is 63.0 Å². The molecule has 0 amide bonds. The van der Waals surface area contributed by atoms with Gasteiger partial charge in [-0.15, -0.1) is 0 Å². The van der Waals surface area contributed by atoms with Crippen molar-refractivity contribution in [2.24, 2.45) is 4.99 Å². The van der Waals surface area contributed by atoms with Crippen LogP contribution in [-0.2, 0) is 15.4 Å². The van der Waals surface area contributed by atoms with Crippen molar-refractivity contribution in [2.75, 3.05) is 25.4 Å². The average Bonchev–Trinajstić information content (AvgIpc) is 3.20. The summed E-state index contributed by atoms with van der Waals surface area (Å²) in [7, 11) is -3.29. The molecule has 2 rings (SSSR count). The lowest BCUT2D eigenvalue weighted by Gasteiger charge is -2.19. The average molecular weight is 394 g/mol. The molecule has 0 aliphatic rings. The minimum Gasteiger partial charge on any atom is -0.466 e. The molecule has 1 aromatic heterocycles. The smallest absolute Gasteiger partial charge is 0.191 e. The fourth-order valence-corrected chi connectivity index (χ4v) is 3.78. The molecular formula is C19H27N3O4S. The summed E-state index contributed by atoms with van der Waals surface area (Å²) < 4.78 is 29.8. The van der Waals surface area contributed by atoms with Gasteiger partial charge >= 0.3 is 0 Å². The fraction of sp³-hybridized carbons (Fsp3) is 0.421. The Kier molecular flexibility index (Phi) is 7.44. The fourth-order valence-electron chi connectivity index (χ4n) is 2.45. The molecule has 0 fully saturated rings. The summed E-state index contributed by atoms with van der Waals surface area (Å²) >= 11 is 0. The highest BCUT2D eigenvalue weighted by molar-refractivity contribution is 7.91. The van der Waals surface area contributed by atoms with E-state index in [0.717, 1.165) is 0 Å². The van der Waals surface area contributed by atoms with Crippen molar-refractivity contribution >= 4 is 15.8 Å². The molecule has 0 aliphatic heterocycles. The first-order chi connectivity index (χ1) is 12.8. The summed E-state index contributed by atoms with van der Waals surface area (Å²) in [4.78, 5) is 4.70. The van der Waals surface area contributed by atoms with Crippen LogP contribution in [0.25, 0.3) is 0 Å².